The Bertz CT molecular complexity index is 785. The second-order valence-corrected chi connectivity index (χ2v) is 5.04. The maximum atomic E-state index is 9.10. The highest BCUT2D eigenvalue weighted by atomic mass is 32.1. The van der Waals surface area contributed by atoms with Gasteiger partial charge in [0.25, 0.3) is 5.88 Å². The summed E-state index contributed by atoms with van der Waals surface area (Å²) in [7, 11) is 0. The lowest BCUT2D eigenvalue weighted by Crippen LogP contribution is -1.90. The van der Waals surface area contributed by atoms with Gasteiger partial charge in [0.1, 0.15) is 6.07 Å². The van der Waals surface area contributed by atoms with E-state index in [4.69, 9.17) is 9.68 Å². The Morgan fingerprint density at radius 1 is 1.24 bits per heavy atom. The number of benzene rings is 1. The molecule has 6 heteroatoms. The second kappa shape index (κ2) is 6.03. The van der Waals surface area contributed by atoms with E-state index < -0.39 is 0 Å². The minimum atomic E-state index is 0.178. The molecule has 21 heavy (non-hydrogen) atoms. The van der Waals surface area contributed by atoms with Gasteiger partial charge in [-0.15, -0.1) is 11.3 Å². The first-order valence-electron chi connectivity index (χ1n) is 6.16. The highest BCUT2D eigenvalue weighted by Gasteiger charge is 2.13. The summed E-state index contributed by atoms with van der Waals surface area (Å²) in [6, 6.07) is 15.3. The molecule has 102 valence electrons. The summed E-state index contributed by atoms with van der Waals surface area (Å²) in [6.07, 6.45) is 1.66. The predicted octanol–water partition coefficient (Wildman–Crippen LogP) is 3.72. The Hall–Kier alpha value is -2.91. The number of hydrogen-bond donors (Lipinski definition) is 1. The Morgan fingerprint density at radius 3 is 2.81 bits per heavy atom. The summed E-state index contributed by atoms with van der Waals surface area (Å²) < 4.78 is 5.56. The zero-order valence-electron chi connectivity index (χ0n) is 10.9. The molecule has 1 N–H and O–H groups in total. The van der Waals surface area contributed by atoms with E-state index >= 15 is 0 Å². The molecule has 5 nitrogen and oxygen atoms in total. The molecule has 0 aliphatic rings. The van der Waals surface area contributed by atoms with Crippen LogP contribution >= 0.6 is 11.3 Å². The normalized spacial score (nSPS) is 10.6. The summed E-state index contributed by atoms with van der Waals surface area (Å²) in [5.74, 6) is 0.630. The molecule has 0 atom stereocenters. The van der Waals surface area contributed by atoms with Crippen LogP contribution in [0, 0.1) is 11.3 Å². The van der Waals surface area contributed by atoms with Crippen molar-refractivity contribution in [3.8, 4) is 17.5 Å². The smallest absolute Gasteiger partial charge is 0.252 e. The molecule has 3 aromatic rings. The fraction of sp³-hybridized carbons (Fsp3) is 0. The zero-order chi connectivity index (χ0) is 14.5. The van der Waals surface area contributed by atoms with Gasteiger partial charge in [-0.2, -0.15) is 15.3 Å². The second-order valence-electron chi connectivity index (χ2n) is 4.06. The number of aromatic nitrogens is 1. The highest BCUT2D eigenvalue weighted by Crippen LogP contribution is 2.24. The lowest BCUT2D eigenvalue weighted by molar-refractivity contribution is 0.587. The van der Waals surface area contributed by atoms with E-state index in [0.717, 1.165) is 10.4 Å². The third kappa shape index (κ3) is 2.99. The third-order valence-corrected chi connectivity index (χ3v) is 3.46. The molecule has 3 rings (SSSR count). The van der Waals surface area contributed by atoms with Crippen molar-refractivity contribution in [2.24, 2.45) is 5.10 Å². The summed E-state index contributed by atoms with van der Waals surface area (Å²) in [4.78, 5) is 5.16. The largest absolute Gasteiger partial charge is 0.417 e. The van der Waals surface area contributed by atoms with Crippen LogP contribution in [0.4, 0.5) is 5.88 Å². The minimum absolute atomic E-state index is 0.178. The molecule has 0 bridgehead atoms. The number of oxazole rings is 1. The van der Waals surface area contributed by atoms with Crippen molar-refractivity contribution < 1.29 is 4.42 Å². The van der Waals surface area contributed by atoms with Crippen LogP contribution in [-0.2, 0) is 0 Å². The van der Waals surface area contributed by atoms with Gasteiger partial charge in [-0.3, -0.25) is 0 Å². The molecule has 0 saturated heterocycles. The monoisotopic (exact) mass is 294 g/mol. The summed E-state index contributed by atoms with van der Waals surface area (Å²) in [5.41, 5.74) is 3.70. The first-order chi connectivity index (χ1) is 10.4. The summed E-state index contributed by atoms with van der Waals surface area (Å²) >= 11 is 1.57. The average Bonchev–Trinajstić information content (AvgIpc) is 3.18. The van der Waals surface area contributed by atoms with Gasteiger partial charge in [-0.25, -0.2) is 5.43 Å². The number of thiophene rings is 1. The van der Waals surface area contributed by atoms with Gasteiger partial charge in [-0.05, 0) is 23.6 Å². The first kappa shape index (κ1) is 13.1. The molecule has 2 heterocycles. The maximum absolute atomic E-state index is 9.10. The molecular weight excluding hydrogens is 284 g/mol. The van der Waals surface area contributed by atoms with E-state index in [9.17, 15) is 0 Å². The Balaban J connectivity index is 1.82. The molecular formula is C15H10N4OS. The van der Waals surface area contributed by atoms with Gasteiger partial charge in [0.05, 0.1) is 6.21 Å². The van der Waals surface area contributed by atoms with Crippen molar-refractivity contribution in [3.05, 3.63) is 58.4 Å². The van der Waals surface area contributed by atoms with E-state index in [1.165, 1.54) is 0 Å². The number of hydrazone groups is 1. The van der Waals surface area contributed by atoms with Crippen LogP contribution in [-0.4, -0.2) is 11.2 Å². The summed E-state index contributed by atoms with van der Waals surface area (Å²) in [6.45, 7) is 0. The van der Waals surface area contributed by atoms with Crippen molar-refractivity contribution in [2.45, 2.75) is 0 Å². The van der Waals surface area contributed by atoms with Crippen molar-refractivity contribution in [1.29, 1.82) is 5.26 Å². The van der Waals surface area contributed by atoms with E-state index in [0.29, 0.717) is 5.89 Å². The first-order valence-corrected chi connectivity index (χ1v) is 7.04. The van der Waals surface area contributed by atoms with Crippen molar-refractivity contribution in [3.63, 3.8) is 0 Å². The number of hydrogen-bond acceptors (Lipinski definition) is 6. The standard InChI is InChI=1S/C15H10N4OS/c16-9-13-15(19-17-10-12-7-4-8-21-12)20-14(18-13)11-5-2-1-3-6-11/h1-8,10,19H/b17-10+. The van der Waals surface area contributed by atoms with Gasteiger partial charge in [0.2, 0.25) is 11.6 Å². The number of nitrogens with one attached hydrogen (secondary N) is 1. The molecule has 0 aliphatic heterocycles. The minimum Gasteiger partial charge on any atom is -0.417 e. The molecule has 0 spiro atoms. The Kier molecular flexibility index (Phi) is 3.76. The Morgan fingerprint density at radius 2 is 2.10 bits per heavy atom. The van der Waals surface area contributed by atoms with Gasteiger partial charge in [-0.1, -0.05) is 24.3 Å². The number of nitrogens with zero attached hydrogens (tertiary/aromatic N) is 3. The third-order valence-electron chi connectivity index (χ3n) is 2.65. The van der Waals surface area contributed by atoms with E-state index in [2.05, 4.69) is 15.5 Å². The molecule has 0 amide bonds. The van der Waals surface area contributed by atoms with Crippen LogP contribution in [0.2, 0.25) is 0 Å². The van der Waals surface area contributed by atoms with Gasteiger partial charge in [0.15, 0.2) is 0 Å². The molecule has 0 aliphatic carbocycles. The van der Waals surface area contributed by atoms with Crippen LogP contribution in [0.1, 0.15) is 10.6 Å². The zero-order valence-corrected chi connectivity index (χ0v) is 11.7. The number of rotatable bonds is 4. The molecule has 2 aromatic heterocycles. The van der Waals surface area contributed by atoms with Crippen molar-refractivity contribution in [1.82, 2.24) is 4.98 Å². The van der Waals surface area contributed by atoms with Gasteiger partial charge in [0, 0.05) is 10.4 Å². The quantitative estimate of drug-likeness (QED) is 0.588. The van der Waals surface area contributed by atoms with Crippen LogP contribution in [0.5, 0.6) is 0 Å². The number of nitriles is 1. The molecule has 0 fully saturated rings. The highest BCUT2D eigenvalue weighted by molar-refractivity contribution is 7.11. The summed E-state index contributed by atoms with van der Waals surface area (Å²) in [5, 5.41) is 15.1. The average molecular weight is 294 g/mol. The van der Waals surface area contributed by atoms with E-state index in [-0.39, 0.29) is 11.6 Å². The topological polar surface area (TPSA) is 74.2 Å². The van der Waals surface area contributed by atoms with Gasteiger partial charge < -0.3 is 4.42 Å². The fourth-order valence-corrected chi connectivity index (χ4v) is 2.28. The van der Waals surface area contributed by atoms with Crippen LogP contribution in [0.25, 0.3) is 11.5 Å². The van der Waals surface area contributed by atoms with Crippen LogP contribution in [0.3, 0.4) is 0 Å². The molecule has 0 radical (unpaired) electrons. The van der Waals surface area contributed by atoms with Gasteiger partial charge >= 0.3 is 0 Å². The van der Waals surface area contributed by atoms with E-state index in [1.54, 1.807) is 17.6 Å². The molecule has 1 aromatic carbocycles. The SMILES string of the molecule is N#Cc1nc(-c2ccccc2)oc1N/N=C/c1cccs1. The molecule has 0 saturated carbocycles. The van der Waals surface area contributed by atoms with Crippen LogP contribution < -0.4 is 5.43 Å². The Labute approximate surface area is 125 Å². The predicted molar refractivity (Wildman–Crippen MR) is 82.2 cm³/mol. The van der Waals surface area contributed by atoms with Crippen molar-refractivity contribution in [2.75, 3.05) is 5.43 Å². The lowest BCUT2D eigenvalue weighted by Gasteiger charge is -1.94. The van der Waals surface area contributed by atoms with Crippen molar-refractivity contribution >= 4 is 23.4 Å². The van der Waals surface area contributed by atoms with E-state index in [1.807, 2.05) is 53.9 Å². The van der Waals surface area contributed by atoms with Crippen LogP contribution in [0.15, 0.2) is 57.4 Å². The number of anilines is 1. The lowest BCUT2D eigenvalue weighted by atomic mass is 10.2. The molecule has 0 unspecified atom stereocenters. The maximum Gasteiger partial charge on any atom is 0.252 e. The fourth-order valence-electron chi connectivity index (χ4n) is 1.70.